The summed E-state index contributed by atoms with van der Waals surface area (Å²) >= 11 is 0. The smallest absolute Gasteiger partial charge is 0.351 e. The van der Waals surface area contributed by atoms with Crippen molar-refractivity contribution in [2.24, 2.45) is 0 Å². The number of ether oxygens (including phenoxy) is 2. The van der Waals surface area contributed by atoms with Gasteiger partial charge in [-0.3, -0.25) is 0 Å². The summed E-state index contributed by atoms with van der Waals surface area (Å²) in [7, 11) is 0. The molecular weight excluding hydrogens is 220 g/mol. The molecule has 0 bridgehead atoms. The van der Waals surface area contributed by atoms with Gasteiger partial charge in [-0.15, -0.1) is 0 Å². The maximum Gasteiger partial charge on any atom is 0.351 e. The van der Waals surface area contributed by atoms with E-state index in [0.29, 0.717) is 17.9 Å². The molecule has 92 valence electrons. The molecule has 0 radical (unpaired) electrons. The largest absolute Gasteiger partial charge is 0.485 e. The van der Waals surface area contributed by atoms with Gasteiger partial charge in [0.2, 0.25) is 5.60 Å². The highest BCUT2D eigenvalue weighted by molar-refractivity contribution is 5.79. The maximum absolute atomic E-state index is 11.3. The topological polar surface area (TPSA) is 55.8 Å². The average molecular weight is 236 g/mol. The van der Waals surface area contributed by atoms with Crippen molar-refractivity contribution in [2.75, 3.05) is 6.61 Å². The third kappa shape index (κ3) is 1.73. The number of hydrogen-bond donors (Lipinski definition) is 1. The van der Waals surface area contributed by atoms with Crippen LogP contribution in [0.4, 0.5) is 0 Å². The van der Waals surface area contributed by atoms with Crippen LogP contribution in [0.3, 0.4) is 0 Å². The Balaban J connectivity index is 2.48. The van der Waals surface area contributed by atoms with Crippen molar-refractivity contribution in [1.82, 2.24) is 0 Å². The lowest BCUT2D eigenvalue weighted by Crippen LogP contribution is -2.51. The molecule has 0 saturated heterocycles. The summed E-state index contributed by atoms with van der Waals surface area (Å²) in [6, 6.07) is 3.85. The molecular formula is C13H16O4. The molecule has 1 aromatic rings. The minimum Gasteiger partial charge on any atom is -0.485 e. The second kappa shape index (κ2) is 3.95. The molecule has 0 spiro atoms. The first-order chi connectivity index (χ1) is 8.00. The third-order valence-electron chi connectivity index (χ3n) is 3.21. The van der Waals surface area contributed by atoms with Gasteiger partial charge in [0, 0.05) is 0 Å². The highest BCUT2D eigenvalue weighted by atomic mass is 16.6. The first-order valence-electron chi connectivity index (χ1n) is 5.65. The van der Waals surface area contributed by atoms with Crippen LogP contribution in [0.1, 0.15) is 24.5 Å². The molecule has 17 heavy (non-hydrogen) atoms. The van der Waals surface area contributed by atoms with E-state index in [-0.39, 0.29) is 6.61 Å². The van der Waals surface area contributed by atoms with Crippen LogP contribution in [0.5, 0.6) is 11.5 Å². The zero-order chi connectivity index (χ0) is 12.6. The second-order valence-electron chi connectivity index (χ2n) is 4.40. The van der Waals surface area contributed by atoms with Gasteiger partial charge in [-0.2, -0.15) is 0 Å². The van der Waals surface area contributed by atoms with Crippen LogP contribution in [0, 0.1) is 13.8 Å². The molecule has 2 rings (SSSR count). The Labute approximate surface area is 100 Å². The van der Waals surface area contributed by atoms with Gasteiger partial charge in [-0.05, 0) is 31.4 Å². The highest BCUT2D eigenvalue weighted by Crippen LogP contribution is 2.41. The first-order valence-corrected chi connectivity index (χ1v) is 5.65. The van der Waals surface area contributed by atoms with Gasteiger partial charge < -0.3 is 14.6 Å². The van der Waals surface area contributed by atoms with Crippen LogP contribution in [0.15, 0.2) is 12.1 Å². The van der Waals surface area contributed by atoms with E-state index in [0.717, 1.165) is 11.1 Å². The van der Waals surface area contributed by atoms with Gasteiger partial charge in [0.25, 0.3) is 0 Å². The van der Waals surface area contributed by atoms with Gasteiger partial charge in [0.1, 0.15) is 6.61 Å². The van der Waals surface area contributed by atoms with Crippen LogP contribution in [-0.4, -0.2) is 23.3 Å². The molecule has 1 aliphatic rings. The van der Waals surface area contributed by atoms with Gasteiger partial charge in [0.05, 0.1) is 0 Å². The van der Waals surface area contributed by atoms with Crippen molar-refractivity contribution >= 4 is 5.97 Å². The molecule has 0 amide bonds. The van der Waals surface area contributed by atoms with E-state index in [9.17, 15) is 9.90 Å². The Morgan fingerprint density at radius 2 is 1.94 bits per heavy atom. The number of aryl methyl sites for hydroxylation is 2. The lowest BCUT2D eigenvalue weighted by atomic mass is 9.99. The summed E-state index contributed by atoms with van der Waals surface area (Å²) in [5.74, 6) is 0.238. The van der Waals surface area contributed by atoms with Crippen LogP contribution >= 0.6 is 0 Å². The van der Waals surface area contributed by atoms with Gasteiger partial charge >= 0.3 is 5.97 Å². The number of benzene rings is 1. The zero-order valence-corrected chi connectivity index (χ0v) is 10.2. The summed E-state index contributed by atoms with van der Waals surface area (Å²) in [5, 5.41) is 9.27. The van der Waals surface area contributed by atoms with Crippen molar-refractivity contribution in [3.63, 3.8) is 0 Å². The molecule has 1 atom stereocenters. The van der Waals surface area contributed by atoms with Crippen LogP contribution < -0.4 is 9.47 Å². The maximum atomic E-state index is 11.3. The molecule has 0 aromatic heterocycles. The SMILES string of the molecule is CC[C@@]1(C(=O)O)COc2c(C)ccc(C)c2O1. The highest BCUT2D eigenvalue weighted by Gasteiger charge is 2.44. The van der Waals surface area contributed by atoms with Gasteiger partial charge in [0.15, 0.2) is 11.5 Å². The third-order valence-corrected chi connectivity index (χ3v) is 3.21. The van der Waals surface area contributed by atoms with Gasteiger partial charge in [-0.25, -0.2) is 4.79 Å². The number of fused-ring (bicyclic) bond motifs is 1. The number of rotatable bonds is 2. The van der Waals surface area contributed by atoms with Crippen LogP contribution in [0.25, 0.3) is 0 Å². The molecule has 0 fully saturated rings. The predicted octanol–water partition coefficient (Wildman–Crippen LogP) is 2.31. The second-order valence-corrected chi connectivity index (χ2v) is 4.40. The van der Waals surface area contributed by atoms with Crippen molar-refractivity contribution in [3.05, 3.63) is 23.3 Å². The van der Waals surface area contributed by atoms with E-state index in [1.54, 1.807) is 6.92 Å². The van der Waals surface area contributed by atoms with E-state index in [2.05, 4.69) is 0 Å². The molecule has 1 heterocycles. The number of carboxylic acid groups (broad SMARTS) is 1. The minimum atomic E-state index is -1.26. The monoisotopic (exact) mass is 236 g/mol. The average Bonchev–Trinajstić information content (AvgIpc) is 2.33. The normalized spacial score (nSPS) is 22.3. The Kier molecular flexibility index (Phi) is 2.73. The quantitative estimate of drug-likeness (QED) is 0.856. The van der Waals surface area contributed by atoms with E-state index in [1.807, 2.05) is 26.0 Å². The first kappa shape index (κ1) is 11.8. The molecule has 1 aromatic carbocycles. The van der Waals surface area contributed by atoms with Gasteiger partial charge in [-0.1, -0.05) is 19.1 Å². The number of hydrogen-bond acceptors (Lipinski definition) is 3. The summed E-state index contributed by atoms with van der Waals surface area (Å²) in [4.78, 5) is 11.3. The molecule has 4 nitrogen and oxygen atoms in total. The summed E-state index contributed by atoms with van der Waals surface area (Å²) in [6.07, 6.45) is 0.370. The summed E-state index contributed by atoms with van der Waals surface area (Å²) in [5.41, 5.74) is 0.594. The minimum absolute atomic E-state index is 0.0517. The van der Waals surface area contributed by atoms with E-state index >= 15 is 0 Å². The summed E-state index contributed by atoms with van der Waals surface area (Å²) < 4.78 is 11.3. The molecule has 0 saturated carbocycles. The van der Waals surface area contributed by atoms with Crippen molar-refractivity contribution in [3.8, 4) is 11.5 Å². The van der Waals surface area contributed by atoms with E-state index in [1.165, 1.54) is 0 Å². The number of carboxylic acids is 1. The Hall–Kier alpha value is -1.71. The fourth-order valence-corrected chi connectivity index (χ4v) is 1.91. The predicted molar refractivity (Wildman–Crippen MR) is 62.7 cm³/mol. The lowest BCUT2D eigenvalue weighted by Gasteiger charge is -2.35. The van der Waals surface area contributed by atoms with E-state index in [4.69, 9.17) is 9.47 Å². The standard InChI is InChI=1S/C13H16O4/c1-4-13(12(14)15)7-16-10-8(2)5-6-9(3)11(10)17-13/h5-6H,4,7H2,1-3H3,(H,14,15)/t13-/m0/s1. The summed E-state index contributed by atoms with van der Waals surface area (Å²) in [6.45, 7) is 5.64. The zero-order valence-electron chi connectivity index (χ0n) is 10.2. The number of aliphatic carboxylic acids is 1. The number of carbonyl (C=O) groups is 1. The molecule has 0 unspecified atom stereocenters. The van der Waals surface area contributed by atoms with E-state index < -0.39 is 11.6 Å². The lowest BCUT2D eigenvalue weighted by molar-refractivity contribution is -0.161. The molecule has 4 heteroatoms. The Morgan fingerprint density at radius 3 is 2.47 bits per heavy atom. The van der Waals surface area contributed by atoms with Crippen LogP contribution in [-0.2, 0) is 4.79 Å². The van der Waals surface area contributed by atoms with Crippen molar-refractivity contribution < 1.29 is 19.4 Å². The molecule has 1 N–H and O–H groups in total. The molecule has 0 aliphatic carbocycles. The Morgan fingerprint density at radius 1 is 1.35 bits per heavy atom. The van der Waals surface area contributed by atoms with Crippen molar-refractivity contribution in [1.29, 1.82) is 0 Å². The molecule has 1 aliphatic heterocycles. The fourth-order valence-electron chi connectivity index (χ4n) is 1.91. The van der Waals surface area contributed by atoms with Crippen LogP contribution in [0.2, 0.25) is 0 Å². The Bertz CT molecular complexity index is 467. The van der Waals surface area contributed by atoms with Crippen molar-refractivity contribution in [2.45, 2.75) is 32.8 Å². The fraction of sp³-hybridized carbons (Fsp3) is 0.462.